The van der Waals surface area contributed by atoms with Crippen molar-refractivity contribution >= 4 is 5.82 Å². The van der Waals surface area contributed by atoms with E-state index in [2.05, 4.69) is 31.3 Å². The van der Waals surface area contributed by atoms with Crippen LogP contribution in [0.1, 0.15) is 6.42 Å². The van der Waals surface area contributed by atoms with Crippen molar-refractivity contribution in [1.82, 2.24) is 19.9 Å². The van der Waals surface area contributed by atoms with Crippen molar-refractivity contribution in [3.8, 4) is 29.0 Å². The second-order valence-electron chi connectivity index (χ2n) is 4.73. The number of aromatic nitrogens is 4. The normalized spacial score (nSPS) is 10.0. The summed E-state index contributed by atoms with van der Waals surface area (Å²) in [4.78, 5) is 17.7. The molecule has 6 heteroatoms. The Morgan fingerprint density at radius 1 is 0.913 bits per heavy atom. The number of nitrogens with zero attached hydrogens (tertiary/aromatic N) is 5. The molecule has 3 aromatic rings. The standard InChI is InChI=1S/C17H14N6/c18-8-5-11-21-16-12-15(13-6-1-3-9-19-13)22-17(23-16)14-7-2-4-10-20-14/h1-4,6-7,9-10,12H,5,11H2,(H,21,22,23). The highest BCUT2D eigenvalue weighted by Gasteiger charge is 2.10. The third kappa shape index (κ3) is 3.66. The van der Waals surface area contributed by atoms with Gasteiger partial charge < -0.3 is 5.32 Å². The molecule has 0 unspecified atom stereocenters. The summed E-state index contributed by atoms with van der Waals surface area (Å²) >= 11 is 0. The van der Waals surface area contributed by atoms with Gasteiger partial charge in [0.05, 0.1) is 23.9 Å². The van der Waals surface area contributed by atoms with Gasteiger partial charge in [-0.25, -0.2) is 9.97 Å². The van der Waals surface area contributed by atoms with Crippen molar-refractivity contribution in [1.29, 1.82) is 5.26 Å². The van der Waals surface area contributed by atoms with Crippen LogP contribution in [0, 0.1) is 11.3 Å². The Morgan fingerprint density at radius 3 is 2.30 bits per heavy atom. The minimum Gasteiger partial charge on any atom is -0.369 e. The molecular formula is C17H14N6. The molecule has 0 aliphatic carbocycles. The summed E-state index contributed by atoms with van der Waals surface area (Å²) in [5, 5.41) is 11.8. The maximum absolute atomic E-state index is 8.67. The van der Waals surface area contributed by atoms with Gasteiger partial charge in [-0.2, -0.15) is 5.26 Å². The monoisotopic (exact) mass is 302 g/mol. The largest absolute Gasteiger partial charge is 0.369 e. The zero-order chi connectivity index (χ0) is 15.9. The second kappa shape index (κ2) is 7.09. The average Bonchev–Trinajstić information content (AvgIpc) is 2.63. The smallest absolute Gasteiger partial charge is 0.180 e. The molecule has 1 N–H and O–H groups in total. The number of nitrogens with one attached hydrogen (secondary N) is 1. The van der Waals surface area contributed by atoms with Gasteiger partial charge >= 0.3 is 0 Å². The lowest BCUT2D eigenvalue weighted by molar-refractivity contribution is 1.04. The van der Waals surface area contributed by atoms with Crippen molar-refractivity contribution in [3.63, 3.8) is 0 Å². The molecule has 3 heterocycles. The summed E-state index contributed by atoms with van der Waals surface area (Å²) in [5.41, 5.74) is 2.16. The molecular weight excluding hydrogens is 288 g/mol. The number of pyridine rings is 2. The van der Waals surface area contributed by atoms with E-state index in [0.717, 1.165) is 5.69 Å². The molecule has 3 rings (SSSR count). The fraction of sp³-hybridized carbons (Fsp3) is 0.118. The van der Waals surface area contributed by atoms with E-state index >= 15 is 0 Å². The molecule has 0 atom stereocenters. The maximum Gasteiger partial charge on any atom is 0.180 e. The molecule has 0 aromatic carbocycles. The van der Waals surface area contributed by atoms with Crippen molar-refractivity contribution < 1.29 is 0 Å². The van der Waals surface area contributed by atoms with Gasteiger partial charge in [0.1, 0.15) is 11.5 Å². The number of rotatable bonds is 5. The van der Waals surface area contributed by atoms with Crippen molar-refractivity contribution in [2.24, 2.45) is 0 Å². The van der Waals surface area contributed by atoms with Gasteiger partial charge in [0.2, 0.25) is 0 Å². The molecule has 0 radical (unpaired) electrons. The van der Waals surface area contributed by atoms with Crippen LogP contribution in [0.2, 0.25) is 0 Å². The zero-order valence-corrected chi connectivity index (χ0v) is 12.3. The van der Waals surface area contributed by atoms with Crippen molar-refractivity contribution in [3.05, 3.63) is 54.9 Å². The van der Waals surface area contributed by atoms with E-state index in [1.807, 2.05) is 42.5 Å². The number of nitriles is 1. The van der Waals surface area contributed by atoms with Crippen molar-refractivity contribution in [2.75, 3.05) is 11.9 Å². The van der Waals surface area contributed by atoms with Crippen LogP contribution in [0.15, 0.2) is 54.9 Å². The van der Waals surface area contributed by atoms with Crippen LogP contribution < -0.4 is 5.32 Å². The van der Waals surface area contributed by atoms with Crippen LogP contribution >= 0.6 is 0 Å². The number of hydrogen-bond acceptors (Lipinski definition) is 6. The number of hydrogen-bond donors (Lipinski definition) is 1. The third-order valence-electron chi connectivity index (χ3n) is 3.09. The molecule has 0 spiro atoms. The molecule has 0 aliphatic heterocycles. The van der Waals surface area contributed by atoms with Crippen LogP contribution in [0.3, 0.4) is 0 Å². The third-order valence-corrected chi connectivity index (χ3v) is 3.09. The van der Waals surface area contributed by atoms with E-state index in [1.165, 1.54) is 0 Å². The minimum absolute atomic E-state index is 0.405. The predicted octanol–water partition coefficient (Wildman–Crippen LogP) is 2.93. The van der Waals surface area contributed by atoms with E-state index in [-0.39, 0.29) is 0 Å². The maximum atomic E-state index is 8.67. The van der Waals surface area contributed by atoms with Crippen LogP contribution in [0.25, 0.3) is 22.9 Å². The Morgan fingerprint density at radius 2 is 1.65 bits per heavy atom. The first-order valence-electron chi connectivity index (χ1n) is 7.19. The van der Waals surface area contributed by atoms with E-state index in [1.54, 1.807) is 12.4 Å². The van der Waals surface area contributed by atoms with Gasteiger partial charge in [-0.1, -0.05) is 12.1 Å². The highest BCUT2D eigenvalue weighted by Crippen LogP contribution is 2.21. The lowest BCUT2D eigenvalue weighted by Crippen LogP contribution is -2.05. The summed E-state index contributed by atoms with van der Waals surface area (Å²) in [7, 11) is 0. The topological polar surface area (TPSA) is 87.4 Å². The van der Waals surface area contributed by atoms with Gasteiger partial charge in [-0.05, 0) is 24.3 Å². The lowest BCUT2D eigenvalue weighted by atomic mass is 10.2. The fourth-order valence-electron chi connectivity index (χ4n) is 2.04. The Kier molecular flexibility index (Phi) is 4.50. The SMILES string of the molecule is N#CCCNc1cc(-c2ccccn2)nc(-c2ccccn2)n1. The molecule has 112 valence electrons. The van der Waals surface area contributed by atoms with E-state index < -0.39 is 0 Å². The summed E-state index contributed by atoms with van der Waals surface area (Å²) < 4.78 is 0. The summed E-state index contributed by atoms with van der Waals surface area (Å²) in [5.74, 6) is 1.17. The van der Waals surface area contributed by atoms with Crippen LogP contribution in [-0.4, -0.2) is 26.5 Å². The van der Waals surface area contributed by atoms with Gasteiger partial charge in [-0.3, -0.25) is 9.97 Å². The first kappa shape index (κ1) is 14.6. The predicted molar refractivity (Wildman–Crippen MR) is 87.2 cm³/mol. The molecule has 6 nitrogen and oxygen atoms in total. The van der Waals surface area contributed by atoms with Crippen LogP contribution in [0.5, 0.6) is 0 Å². The van der Waals surface area contributed by atoms with Crippen LogP contribution in [0.4, 0.5) is 5.82 Å². The van der Waals surface area contributed by atoms with Gasteiger partial charge in [0.15, 0.2) is 5.82 Å². The summed E-state index contributed by atoms with van der Waals surface area (Å²) in [6.45, 7) is 0.525. The minimum atomic E-state index is 0.405. The first-order valence-corrected chi connectivity index (χ1v) is 7.19. The second-order valence-corrected chi connectivity index (χ2v) is 4.73. The molecule has 0 saturated heterocycles. The molecule has 0 amide bonds. The van der Waals surface area contributed by atoms with Gasteiger partial charge in [0, 0.05) is 25.0 Å². The number of anilines is 1. The van der Waals surface area contributed by atoms with E-state index in [9.17, 15) is 0 Å². The van der Waals surface area contributed by atoms with Gasteiger partial charge in [0.25, 0.3) is 0 Å². The molecule has 0 fully saturated rings. The Labute approximate surface area is 133 Å². The summed E-state index contributed by atoms with van der Waals surface area (Å²) in [6, 6.07) is 15.2. The molecule has 0 aliphatic rings. The lowest BCUT2D eigenvalue weighted by Gasteiger charge is -2.08. The molecule has 0 saturated carbocycles. The Bertz CT molecular complexity index is 754. The van der Waals surface area contributed by atoms with Gasteiger partial charge in [-0.15, -0.1) is 0 Å². The summed E-state index contributed by atoms with van der Waals surface area (Å²) in [6.07, 6.45) is 3.83. The van der Waals surface area contributed by atoms with E-state index in [4.69, 9.17) is 5.26 Å². The van der Waals surface area contributed by atoms with Crippen LogP contribution in [-0.2, 0) is 0 Å². The molecule has 0 bridgehead atoms. The quantitative estimate of drug-likeness (QED) is 0.729. The highest BCUT2D eigenvalue weighted by atomic mass is 15.0. The Balaban J connectivity index is 2.02. The average molecular weight is 302 g/mol. The Hall–Kier alpha value is -3.33. The fourth-order valence-corrected chi connectivity index (χ4v) is 2.04. The van der Waals surface area contributed by atoms with Crippen molar-refractivity contribution in [2.45, 2.75) is 6.42 Å². The molecule has 23 heavy (non-hydrogen) atoms. The van der Waals surface area contributed by atoms with E-state index in [0.29, 0.717) is 36.0 Å². The first-order chi connectivity index (χ1) is 11.4. The molecule has 3 aromatic heterocycles. The zero-order valence-electron chi connectivity index (χ0n) is 12.3. The highest BCUT2D eigenvalue weighted by molar-refractivity contribution is 5.63.